The summed E-state index contributed by atoms with van der Waals surface area (Å²) in [5, 5.41) is 16.0. The first-order valence-corrected chi connectivity index (χ1v) is 7.82. The second kappa shape index (κ2) is 6.98. The van der Waals surface area contributed by atoms with E-state index < -0.39 is 5.60 Å². The van der Waals surface area contributed by atoms with E-state index in [9.17, 15) is 9.90 Å². The maximum absolute atomic E-state index is 12.0. The lowest BCUT2D eigenvalue weighted by atomic mass is 9.84. The maximum atomic E-state index is 12.0. The van der Waals surface area contributed by atoms with Crippen molar-refractivity contribution >= 4 is 6.03 Å². The third-order valence-electron chi connectivity index (χ3n) is 4.34. The van der Waals surface area contributed by atoms with E-state index in [1.807, 2.05) is 0 Å². The number of carbonyl (C=O) groups is 1. The van der Waals surface area contributed by atoms with Crippen molar-refractivity contribution in [3.05, 3.63) is 24.2 Å². The van der Waals surface area contributed by atoms with E-state index >= 15 is 0 Å². The van der Waals surface area contributed by atoms with Crippen molar-refractivity contribution in [2.24, 2.45) is 5.92 Å². The molecular weight excluding hydrogens is 268 g/mol. The molecule has 0 aromatic carbocycles. The Morgan fingerprint density at radius 2 is 2.33 bits per heavy atom. The van der Waals surface area contributed by atoms with Gasteiger partial charge < -0.3 is 20.2 Å². The SMILES string of the molecule is CCC1CCCC(NC(=O)NCC(C)(O)c2ccco2)C1. The molecular formula is C16H26N2O3. The second-order valence-electron chi connectivity index (χ2n) is 6.22. The molecule has 0 bridgehead atoms. The summed E-state index contributed by atoms with van der Waals surface area (Å²) in [6.45, 7) is 3.95. The molecule has 2 amide bonds. The van der Waals surface area contributed by atoms with Gasteiger partial charge in [0, 0.05) is 6.04 Å². The largest absolute Gasteiger partial charge is 0.466 e. The molecule has 3 unspecified atom stereocenters. The highest BCUT2D eigenvalue weighted by molar-refractivity contribution is 5.74. The molecule has 1 aromatic heterocycles. The van der Waals surface area contributed by atoms with Gasteiger partial charge in [0.15, 0.2) is 0 Å². The Morgan fingerprint density at radius 3 is 3.00 bits per heavy atom. The van der Waals surface area contributed by atoms with Crippen molar-refractivity contribution in [1.82, 2.24) is 10.6 Å². The summed E-state index contributed by atoms with van der Waals surface area (Å²) in [7, 11) is 0. The minimum atomic E-state index is -1.20. The normalized spacial score (nSPS) is 25.1. The predicted octanol–water partition coefficient (Wildman–Crippen LogP) is 2.76. The zero-order valence-corrected chi connectivity index (χ0v) is 12.9. The van der Waals surface area contributed by atoms with Gasteiger partial charge in [-0.05, 0) is 37.8 Å². The molecule has 0 spiro atoms. The summed E-state index contributed by atoms with van der Waals surface area (Å²) in [6, 6.07) is 3.45. The number of nitrogens with one attached hydrogen (secondary N) is 2. The van der Waals surface area contributed by atoms with E-state index in [1.54, 1.807) is 19.1 Å². The molecule has 1 fully saturated rings. The molecule has 0 saturated heterocycles. The fourth-order valence-corrected chi connectivity index (χ4v) is 2.95. The fraction of sp³-hybridized carbons (Fsp3) is 0.688. The predicted molar refractivity (Wildman–Crippen MR) is 80.9 cm³/mol. The molecule has 1 saturated carbocycles. The first-order chi connectivity index (χ1) is 10.0. The maximum Gasteiger partial charge on any atom is 0.315 e. The van der Waals surface area contributed by atoms with Gasteiger partial charge in [-0.1, -0.05) is 26.2 Å². The highest BCUT2D eigenvalue weighted by Gasteiger charge is 2.27. The van der Waals surface area contributed by atoms with Crippen LogP contribution in [0.3, 0.4) is 0 Å². The molecule has 3 atom stereocenters. The molecule has 5 heteroatoms. The molecule has 1 aliphatic carbocycles. The number of hydrogen-bond acceptors (Lipinski definition) is 3. The minimum absolute atomic E-state index is 0.121. The lowest BCUT2D eigenvalue weighted by Crippen LogP contribution is -2.47. The average molecular weight is 294 g/mol. The van der Waals surface area contributed by atoms with Crippen LogP contribution in [0.5, 0.6) is 0 Å². The fourth-order valence-electron chi connectivity index (χ4n) is 2.95. The minimum Gasteiger partial charge on any atom is -0.466 e. The summed E-state index contributed by atoms with van der Waals surface area (Å²) in [5.41, 5.74) is -1.20. The number of furan rings is 1. The van der Waals surface area contributed by atoms with Crippen LogP contribution in [0.25, 0.3) is 0 Å². The molecule has 21 heavy (non-hydrogen) atoms. The van der Waals surface area contributed by atoms with Crippen LogP contribution < -0.4 is 10.6 Å². The molecule has 0 radical (unpaired) electrons. The van der Waals surface area contributed by atoms with E-state index in [4.69, 9.17) is 4.42 Å². The average Bonchev–Trinajstić information content (AvgIpc) is 3.00. The molecule has 0 aliphatic heterocycles. The van der Waals surface area contributed by atoms with Crippen LogP contribution >= 0.6 is 0 Å². The quantitative estimate of drug-likeness (QED) is 0.781. The summed E-state index contributed by atoms with van der Waals surface area (Å²) >= 11 is 0. The number of carbonyl (C=O) groups excluding carboxylic acids is 1. The Hall–Kier alpha value is -1.49. The molecule has 1 aromatic rings. The Kier molecular flexibility index (Phi) is 5.28. The van der Waals surface area contributed by atoms with Crippen molar-refractivity contribution < 1.29 is 14.3 Å². The first kappa shape index (κ1) is 15.9. The van der Waals surface area contributed by atoms with E-state index in [2.05, 4.69) is 17.6 Å². The van der Waals surface area contributed by atoms with Crippen molar-refractivity contribution in [2.75, 3.05) is 6.54 Å². The van der Waals surface area contributed by atoms with Gasteiger partial charge in [0.2, 0.25) is 0 Å². The van der Waals surface area contributed by atoms with Crippen molar-refractivity contribution in [3.63, 3.8) is 0 Å². The smallest absolute Gasteiger partial charge is 0.315 e. The van der Waals surface area contributed by atoms with Gasteiger partial charge in [-0.3, -0.25) is 0 Å². The Morgan fingerprint density at radius 1 is 1.52 bits per heavy atom. The van der Waals surface area contributed by atoms with Crippen LogP contribution in [0.2, 0.25) is 0 Å². The molecule has 1 aliphatic rings. The van der Waals surface area contributed by atoms with Crippen LogP contribution in [-0.2, 0) is 5.60 Å². The van der Waals surface area contributed by atoms with Gasteiger partial charge in [0.1, 0.15) is 11.4 Å². The van der Waals surface area contributed by atoms with E-state index in [0.29, 0.717) is 5.76 Å². The van der Waals surface area contributed by atoms with Gasteiger partial charge in [-0.25, -0.2) is 4.79 Å². The third-order valence-corrected chi connectivity index (χ3v) is 4.34. The second-order valence-corrected chi connectivity index (χ2v) is 6.22. The van der Waals surface area contributed by atoms with Crippen LogP contribution in [0, 0.1) is 5.92 Å². The zero-order valence-electron chi connectivity index (χ0n) is 12.9. The van der Waals surface area contributed by atoms with E-state index in [-0.39, 0.29) is 18.6 Å². The van der Waals surface area contributed by atoms with Gasteiger partial charge in [-0.15, -0.1) is 0 Å². The monoisotopic (exact) mass is 294 g/mol. The molecule has 3 N–H and O–H groups in total. The topological polar surface area (TPSA) is 74.5 Å². The first-order valence-electron chi connectivity index (χ1n) is 7.82. The number of aliphatic hydroxyl groups is 1. The summed E-state index contributed by atoms with van der Waals surface area (Å²) in [6.07, 6.45) is 7.22. The van der Waals surface area contributed by atoms with E-state index in [0.717, 1.165) is 18.8 Å². The number of hydrogen-bond donors (Lipinski definition) is 3. The molecule has 5 nitrogen and oxygen atoms in total. The summed E-state index contributed by atoms with van der Waals surface area (Å²) in [4.78, 5) is 12.0. The zero-order chi connectivity index (χ0) is 15.3. The van der Waals surface area contributed by atoms with Gasteiger partial charge in [0.25, 0.3) is 0 Å². The Balaban J connectivity index is 1.77. The standard InChI is InChI=1S/C16H26N2O3/c1-3-12-6-4-7-13(10-12)18-15(19)17-11-16(2,20)14-8-5-9-21-14/h5,8-9,12-13,20H,3-4,6-7,10-11H2,1-2H3,(H2,17,18,19). The van der Waals surface area contributed by atoms with Gasteiger partial charge in [0.05, 0.1) is 12.8 Å². The molecule has 1 heterocycles. The Labute approximate surface area is 126 Å². The highest BCUT2D eigenvalue weighted by atomic mass is 16.4. The van der Waals surface area contributed by atoms with Gasteiger partial charge >= 0.3 is 6.03 Å². The lowest BCUT2D eigenvalue weighted by molar-refractivity contribution is 0.0365. The highest BCUT2D eigenvalue weighted by Crippen LogP contribution is 2.26. The molecule has 2 rings (SSSR count). The van der Waals surface area contributed by atoms with Crippen LogP contribution in [0.1, 0.15) is 51.7 Å². The third kappa shape index (κ3) is 4.49. The summed E-state index contributed by atoms with van der Waals surface area (Å²) < 4.78 is 5.19. The number of urea groups is 1. The number of amides is 2. The van der Waals surface area contributed by atoms with E-state index in [1.165, 1.54) is 25.5 Å². The lowest BCUT2D eigenvalue weighted by Gasteiger charge is -2.29. The van der Waals surface area contributed by atoms with Gasteiger partial charge in [-0.2, -0.15) is 0 Å². The number of rotatable bonds is 5. The Bertz CT molecular complexity index is 442. The summed E-state index contributed by atoms with van der Waals surface area (Å²) in [5.74, 6) is 1.17. The van der Waals surface area contributed by atoms with Crippen LogP contribution in [-0.4, -0.2) is 23.7 Å². The van der Waals surface area contributed by atoms with Crippen molar-refractivity contribution in [3.8, 4) is 0 Å². The van der Waals surface area contributed by atoms with Crippen LogP contribution in [0.15, 0.2) is 22.8 Å². The van der Waals surface area contributed by atoms with Crippen molar-refractivity contribution in [2.45, 2.75) is 57.6 Å². The molecule has 118 valence electrons. The van der Waals surface area contributed by atoms with Crippen LogP contribution in [0.4, 0.5) is 4.79 Å². The van der Waals surface area contributed by atoms with Crippen molar-refractivity contribution in [1.29, 1.82) is 0 Å².